The summed E-state index contributed by atoms with van der Waals surface area (Å²) in [5.74, 6) is 0.394. The third-order valence-corrected chi connectivity index (χ3v) is 6.63. The summed E-state index contributed by atoms with van der Waals surface area (Å²) >= 11 is 9.35. The van der Waals surface area contributed by atoms with Crippen molar-refractivity contribution in [2.45, 2.75) is 18.2 Å². The van der Waals surface area contributed by atoms with E-state index in [1.54, 1.807) is 11.3 Å². The van der Waals surface area contributed by atoms with E-state index in [0.29, 0.717) is 17.5 Å². The van der Waals surface area contributed by atoms with Crippen LogP contribution in [0.1, 0.15) is 17.1 Å². The van der Waals surface area contributed by atoms with Gasteiger partial charge in [-0.1, -0.05) is 17.7 Å². The number of rotatable bonds is 2. The van der Waals surface area contributed by atoms with Gasteiger partial charge >= 0.3 is 6.03 Å². The number of urea groups is 1. The summed E-state index contributed by atoms with van der Waals surface area (Å²) in [5, 5.41) is 5.16. The van der Waals surface area contributed by atoms with E-state index in [1.165, 1.54) is 23.1 Å². The van der Waals surface area contributed by atoms with E-state index in [0.717, 1.165) is 5.75 Å². The Hall–Kier alpha value is -1.24. The second-order valence-corrected chi connectivity index (χ2v) is 8.02. The number of halogens is 2. The van der Waals surface area contributed by atoms with Gasteiger partial charge < -0.3 is 10.2 Å². The molecule has 0 aliphatic carbocycles. The van der Waals surface area contributed by atoms with Crippen LogP contribution in [0.25, 0.3) is 0 Å². The van der Waals surface area contributed by atoms with Gasteiger partial charge in [-0.2, -0.15) is 0 Å². The largest absolute Gasteiger partial charge is 0.322 e. The van der Waals surface area contributed by atoms with E-state index in [1.807, 2.05) is 29.7 Å². The maximum Gasteiger partial charge on any atom is 0.322 e. The van der Waals surface area contributed by atoms with Crippen molar-refractivity contribution in [2.75, 3.05) is 17.6 Å². The van der Waals surface area contributed by atoms with Crippen molar-refractivity contribution in [1.82, 2.24) is 4.90 Å². The standard InChI is InChI=1S/C16H16ClFN2OS2/c1-10-9-23-15(14-3-2-6-22-14)8-20(10)16(21)19-11-4-5-13(18)12(17)7-11/h2-7,10,15H,8-9H2,1H3,(H,19,21)/t10-,15+/m1/s1. The van der Waals surface area contributed by atoms with Crippen LogP contribution in [0.15, 0.2) is 35.7 Å². The van der Waals surface area contributed by atoms with Crippen LogP contribution in [0.5, 0.6) is 0 Å². The molecule has 2 aromatic rings. The van der Waals surface area contributed by atoms with E-state index in [9.17, 15) is 9.18 Å². The van der Waals surface area contributed by atoms with Gasteiger partial charge in [0.1, 0.15) is 5.82 Å². The number of nitrogens with one attached hydrogen (secondary N) is 1. The number of hydrogen-bond acceptors (Lipinski definition) is 3. The highest BCUT2D eigenvalue weighted by molar-refractivity contribution is 7.99. The Morgan fingerprint density at radius 1 is 1.43 bits per heavy atom. The zero-order chi connectivity index (χ0) is 16.4. The molecule has 122 valence electrons. The Morgan fingerprint density at radius 3 is 2.96 bits per heavy atom. The first-order chi connectivity index (χ1) is 11.0. The highest BCUT2D eigenvalue weighted by Crippen LogP contribution is 2.37. The first-order valence-corrected chi connectivity index (χ1v) is 9.53. The predicted molar refractivity (Wildman–Crippen MR) is 96.1 cm³/mol. The molecular formula is C16H16ClFN2OS2. The molecule has 0 spiro atoms. The number of carbonyl (C=O) groups excluding carboxylic acids is 1. The molecule has 2 heterocycles. The number of anilines is 1. The molecule has 1 aromatic heterocycles. The number of nitrogens with zero attached hydrogens (tertiary/aromatic N) is 1. The summed E-state index contributed by atoms with van der Waals surface area (Å²) in [6.45, 7) is 2.70. The van der Waals surface area contributed by atoms with Crippen molar-refractivity contribution >= 4 is 46.4 Å². The van der Waals surface area contributed by atoms with Gasteiger partial charge in [-0.05, 0) is 36.6 Å². The first kappa shape index (κ1) is 16.6. The molecule has 0 unspecified atom stereocenters. The van der Waals surface area contributed by atoms with E-state index in [2.05, 4.69) is 16.8 Å². The van der Waals surface area contributed by atoms with Crippen LogP contribution in [-0.4, -0.2) is 29.3 Å². The minimum Gasteiger partial charge on any atom is -0.320 e. The Kier molecular flexibility index (Phi) is 5.14. The fraction of sp³-hybridized carbons (Fsp3) is 0.312. The lowest BCUT2D eigenvalue weighted by Gasteiger charge is -2.37. The summed E-state index contributed by atoms with van der Waals surface area (Å²) < 4.78 is 13.2. The van der Waals surface area contributed by atoms with Crippen LogP contribution >= 0.6 is 34.7 Å². The molecule has 1 saturated heterocycles. The minimum atomic E-state index is -0.495. The summed E-state index contributed by atoms with van der Waals surface area (Å²) in [6.07, 6.45) is 0. The smallest absolute Gasteiger partial charge is 0.320 e. The van der Waals surface area contributed by atoms with E-state index in [-0.39, 0.29) is 17.1 Å². The van der Waals surface area contributed by atoms with Crippen molar-refractivity contribution in [1.29, 1.82) is 0 Å². The van der Waals surface area contributed by atoms with Gasteiger partial charge in [0.05, 0.1) is 10.3 Å². The van der Waals surface area contributed by atoms with Gasteiger partial charge in [0.2, 0.25) is 0 Å². The average Bonchev–Trinajstić information content (AvgIpc) is 3.06. The van der Waals surface area contributed by atoms with Crippen LogP contribution in [-0.2, 0) is 0 Å². The third kappa shape index (κ3) is 3.82. The second kappa shape index (κ2) is 7.11. The zero-order valence-corrected chi connectivity index (χ0v) is 14.8. The van der Waals surface area contributed by atoms with Crippen LogP contribution in [0.3, 0.4) is 0 Å². The Morgan fingerprint density at radius 2 is 2.26 bits per heavy atom. The lowest BCUT2D eigenvalue weighted by Crippen LogP contribution is -2.47. The van der Waals surface area contributed by atoms with Crippen LogP contribution < -0.4 is 5.32 Å². The molecule has 1 aliphatic heterocycles. The van der Waals surface area contributed by atoms with E-state index in [4.69, 9.17) is 11.6 Å². The molecule has 0 radical (unpaired) electrons. The topological polar surface area (TPSA) is 32.3 Å². The van der Waals surface area contributed by atoms with Gasteiger partial charge in [0, 0.05) is 28.9 Å². The van der Waals surface area contributed by atoms with E-state index < -0.39 is 5.82 Å². The summed E-state index contributed by atoms with van der Waals surface area (Å²) in [6, 6.07) is 8.29. The van der Waals surface area contributed by atoms with Gasteiger partial charge in [-0.25, -0.2) is 9.18 Å². The maximum absolute atomic E-state index is 13.2. The normalized spacial score (nSPS) is 21.3. The fourth-order valence-electron chi connectivity index (χ4n) is 2.46. The lowest BCUT2D eigenvalue weighted by atomic mass is 10.2. The van der Waals surface area contributed by atoms with Gasteiger partial charge in [0.15, 0.2) is 0 Å². The molecule has 7 heteroatoms. The van der Waals surface area contributed by atoms with Crippen LogP contribution in [0.4, 0.5) is 14.9 Å². The monoisotopic (exact) mass is 370 g/mol. The number of hydrogen-bond donors (Lipinski definition) is 1. The molecule has 23 heavy (non-hydrogen) atoms. The Labute approximate surface area is 147 Å². The summed E-state index contributed by atoms with van der Waals surface area (Å²) in [5.41, 5.74) is 0.500. The summed E-state index contributed by atoms with van der Waals surface area (Å²) in [7, 11) is 0. The Balaban J connectivity index is 1.70. The third-order valence-electron chi connectivity index (χ3n) is 3.73. The second-order valence-electron chi connectivity index (χ2n) is 5.40. The first-order valence-electron chi connectivity index (χ1n) is 7.22. The number of carbonyl (C=O) groups is 1. The van der Waals surface area contributed by atoms with Crippen molar-refractivity contribution in [3.63, 3.8) is 0 Å². The van der Waals surface area contributed by atoms with E-state index >= 15 is 0 Å². The molecule has 1 aliphatic rings. The molecule has 1 fully saturated rings. The number of benzene rings is 1. The molecule has 1 N–H and O–H groups in total. The molecular weight excluding hydrogens is 355 g/mol. The Bertz CT molecular complexity index is 695. The molecule has 2 atom stereocenters. The van der Waals surface area contributed by atoms with Crippen molar-refractivity contribution < 1.29 is 9.18 Å². The highest BCUT2D eigenvalue weighted by atomic mass is 35.5. The van der Waals surface area contributed by atoms with Crippen LogP contribution in [0, 0.1) is 5.82 Å². The number of thioether (sulfide) groups is 1. The molecule has 3 rings (SSSR count). The highest BCUT2D eigenvalue weighted by Gasteiger charge is 2.30. The molecule has 2 amide bonds. The molecule has 3 nitrogen and oxygen atoms in total. The average molecular weight is 371 g/mol. The zero-order valence-electron chi connectivity index (χ0n) is 12.5. The van der Waals surface area contributed by atoms with Crippen LogP contribution in [0.2, 0.25) is 5.02 Å². The van der Waals surface area contributed by atoms with Crippen molar-refractivity contribution in [2.24, 2.45) is 0 Å². The maximum atomic E-state index is 13.2. The quantitative estimate of drug-likeness (QED) is 0.782. The minimum absolute atomic E-state index is 0.00140. The van der Waals surface area contributed by atoms with Gasteiger partial charge in [-0.15, -0.1) is 23.1 Å². The number of amides is 2. The summed E-state index contributed by atoms with van der Waals surface area (Å²) in [4.78, 5) is 15.7. The lowest BCUT2D eigenvalue weighted by molar-refractivity contribution is 0.196. The fourth-order valence-corrected chi connectivity index (χ4v) is 4.90. The van der Waals surface area contributed by atoms with Gasteiger partial charge in [0.25, 0.3) is 0 Å². The van der Waals surface area contributed by atoms with Crippen molar-refractivity contribution in [3.8, 4) is 0 Å². The van der Waals surface area contributed by atoms with Gasteiger partial charge in [-0.3, -0.25) is 0 Å². The number of thiophene rings is 1. The molecule has 0 bridgehead atoms. The predicted octanol–water partition coefficient (Wildman–Crippen LogP) is 5.25. The van der Waals surface area contributed by atoms with Crippen molar-refractivity contribution in [3.05, 3.63) is 51.4 Å². The molecule has 1 aromatic carbocycles. The molecule has 0 saturated carbocycles. The SMILES string of the molecule is C[C@@H]1CS[C@H](c2cccs2)CN1C(=O)Nc1ccc(F)c(Cl)c1.